The van der Waals surface area contributed by atoms with E-state index in [1.807, 2.05) is 32.6 Å². The fraction of sp³-hybridized carbons (Fsp3) is 0.409. The second-order valence-corrected chi connectivity index (χ2v) is 8.45. The standard InChI is InChI=1S/C22H25F3N8O/c1-12(2)33-14(4)20(34)30-18-13(3)29-21(31-19(18)33)27-8-16-9-28-32(11-16)10-15-5-6-17(26-7-15)22(23,24)25/h5-7,9,11-12,14H,8,10H2,1-4H3,(H,30,34)(H,27,29,31)/t14-/m0/s1. The Bertz CT molecular complexity index is 1190. The smallest absolute Gasteiger partial charge is 0.350 e. The number of carbonyl (C=O) groups is 1. The Balaban J connectivity index is 1.45. The third kappa shape index (κ3) is 4.80. The second-order valence-electron chi connectivity index (χ2n) is 8.45. The number of anilines is 3. The lowest BCUT2D eigenvalue weighted by molar-refractivity contribution is -0.141. The first-order valence-electron chi connectivity index (χ1n) is 10.8. The molecule has 180 valence electrons. The number of carbonyl (C=O) groups excluding carboxylic acids is 1. The van der Waals surface area contributed by atoms with Gasteiger partial charge in [0.05, 0.1) is 18.4 Å². The van der Waals surface area contributed by atoms with Gasteiger partial charge in [0.2, 0.25) is 11.9 Å². The maximum Gasteiger partial charge on any atom is 0.433 e. The molecule has 0 saturated heterocycles. The normalized spacial score (nSPS) is 15.9. The van der Waals surface area contributed by atoms with Gasteiger partial charge in [0.25, 0.3) is 0 Å². The lowest BCUT2D eigenvalue weighted by Crippen LogP contribution is -2.50. The minimum Gasteiger partial charge on any atom is -0.350 e. The number of pyridine rings is 1. The number of nitrogens with one attached hydrogen (secondary N) is 2. The second kappa shape index (κ2) is 8.92. The quantitative estimate of drug-likeness (QED) is 0.563. The van der Waals surface area contributed by atoms with Gasteiger partial charge in [-0.1, -0.05) is 6.07 Å². The Morgan fingerprint density at radius 3 is 2.59 bits per heavy atom. The Hall–Kier alpha value is -3.70. The third-order valence-electron chi connectivity index (χ3n) is 5.51. The highest BCUT2D eigenvalue weighted by atomic mass is 19.4. The molecule has 4 rings (SSSR count). The summed E-state index contributed by atoms with van der Waals surface area (Å²) in [4.78, 5) is 26.9. The zero-order valence-corrected chi connectivity index (χ0v) is 19.2. The first kappa shape index (κ1) is 23.5. The van der Waals surface area contributed by atoms with Crippen molar-refractivity contribution >= 4 is 23.4 Å². The molecule has 1 aliphatic rings. The van der Waals surface area contributed by atoms with E-state index in [-0.39, 0.29) is 18.0 Å². The van der Waals surface area contributed by atoms with Gasteiger partial charge in [-0.25, -0.2) is 4.98 Å². The summed E-state index contributed by atoms with van der Waals surface area (Å²) in [5.74, 6) is 0.997. The van der Waals surface area contributed by atoms with E-state index in [1.165, 1.54) is 12.3 Å². The van der Waals surface area contributed by atoms with Crippen LogP contribution in [0.25, 0.3) is 0 Å². The Morgan fingerprint density at radius 2 is 1.94 bits per heavy atom. The number of hydrogen-bond acceptors (Lipinski definition) is 7. The van der Waals surface area contributed by atoms with Crippen molar-refractivity contribution in [3.8, 4) is 0 Å². The molecule has 3 aromatic heterocycles. The summed E-state index contributed by atoms with van der Waals surface area (Å²) in [6, 6.07) is 2.06. The maximum atomic E-state index is 12.7. The summed E-state index contributed by atoms with van der Waals surface area (Å²) in [7, 11) is 0. The highest BCUT2D eigenvalue weighted by Gasteiger charge is 2.34. The van der Waals surface area contributed by atoms with Gasteiger partial charge in [-0.3, -0.25) is 14.5 Å². The van der Waals surface area contributed by atoms with Crippen molar-refractivity contribution in [1.82, 2.24) is 24.7 Å². The van der Waals surface area contributed by atoms with Crippen molar-refractivity contribution in [2.75, 3.05) is 15.5 Å². The van der Waals surface area contributed by atoms with Gasteiger partial charge < -0.3 is 15.5 Å². The van der Waals surface area contributed by atoms with Crippen LogP contribution in [0.15, 0.2) is 30.7 Å². The van der Waals surface area contributed by atoms with Crippen LogP contribution >= 0.6 is 0 Å². The van der Waals surface area contributed by atoms with Crippen LogP contribution < -0.4 is 15.5 Å². The van der Waals surface area contributed by atoms with E-state index in [1.54, 1.807) is 17.1 Å². The third-order valence-corrected chi connectivity index (χ3v) is 5.51. The first-order valence-corrected chi connectivity index (χ1v) is 10.8. The van der Waals surface area contributed by atoms with Crippen molar-refractivity contribution in [1.29, 1.82) is 0 Å². The van der Waals surface area contributed by atoms with Crippen LogP contribution in [0.1, 0.15) is 43.3 Å². The van der Waals surface area contributed by atoms with Gasteiger partial charge in [0.15, 0.2) is 5.82 Å². The van der Waals surface area contributed by atoms with Crippen molar-refractivity contribution in [2.24, 2.45) is 0 Å². The molecule has 1 atom stereocenters. The van der Waals surface area contributed by atoms with Crippen molar-refractivity contribution in [3.63, 3.8) is 0 Å². The molecule has 3 aromatic rings. The topological polar surface area (TPSA) is 101 Å². The van der Waals surface area contributed by atoms with Gasteiger partial charge in [0.1, 0.15) is 17.4 Å². The molecule has 0 fully saturated rings. The number of alkyl halides is 3. The number of halogens is 3. The average molecular weight is 474 g/mol. The average Bonchev–Trinajstić information content (AvgIpc) is 3.20. The number of amides is 1. The summed E-state index contributed by atoms with van der Waals surface area (Å²) in [5, 5.41) is 10.3. The van der Waals surface area contributed by atoms with Crippen LogP contribution in [0.2, 0.25) is 0 Å². The summed E-state index contributed by atoms with van der Waals surface area (Å²) in [6.07, 6.45) is 0.194. The molecule has 12 heteroatoms. The molecule has 0 saturated carbocycles. The van der Waals surface area contributed by atoms with E-state index in [4.69, 9.17) is 0 Å². The molecule has 0 aromatic carbocycles. The predicted octanol–water partition coefficient (Wildman–Crippen LogP) is 3.61. The first-order chi connectivity index (χ1) is 16.0. The zero-order chi connectivity index (χ0) is 24.6. The van der Waals surface area contributed by atoms with Crippen molar-refractivity contribution in [3.05, 3.63) is 53.2 Å². The summed E-state index contributed by atoms with van der Waals surface area (Å²) in [5.41, 5.74) is 1.80. The number of fused-ring (bicyclic) bond motifs is 1. The van der Waals surface area contributed by atoms with Crippen LogP contribution in [0.3, 0.4) is 0 Å². The number of nitrogens with zero attached hydrogens (tertiary/aromatic N) is 6. The molecule has 0 aliphatic carbocycles. The van der Waals surface area contributed by atoms with Crippen LogP contribution in [0.5, 0.6) is 0 Å². The molecule has 0 bridgehead atoms. The molecule has 34 heavy (non-hydrogen) atoms. The van der Waals surface area contributed by atoms with Gasteiger partial charge >= 0.3 is 6.18 Å². The van der Waals surface area contributed by atoms with Crippen molar-refractivity contribution < 1.29 is 18.0 Å². The van der Waals surface area contributed by atoms with Crippen molar-refractivity contribution in [2.45, 2.75) is 59.0 Å². The lowest BCUT2D eigenvalue weighted by Gasteiger charge is -2.38. The van der Waals surface area contributed by atoms with E-state index in [0.717, 1.165) is 11.6 Å². The molecule has 2 N–H and O–H groups in total. The molecule has 1 aliphatic heterocycles. The predicted molar refractivity (Wildman–Crippen MR) is 120 cm³/mol. The number of hydrogen-bond donors (Lipinski definition) is 2. The van der Waals surface area contributed by atoms with Crippen LogP contribution in [-0.2, 0) is 24.1 Å². The molecular formula is C22H25F3N8O. The largest absolute Gasteiger partial charge is 0.433 e. The molecular weight excluding hydrogens is 449 g/mol. The molecule has 0 radical (unpaired) electrons. The fourth-order valence-corrected chi connectivity index (χ4v) is 3.84. The Morgan fingerprint density at radius 1 is 1.18 bits per heavy atom. The minimum atomic E-state index is -4.46. The van der Waals surface area contributed by atoms with E-state index in [9.17, 15) is 18.0 Å². The Labute approximate surface area is 194 Å². The van der Waals surface area contributed by atoms with Gasteiger partial charge in [0, 0.05) is 30.5 Å². The number of aromatic nitrogens is 5. The molecule has 4 heterocycles. The zero-order valence-electron chi connectivity index (χ0n) is 19.2. The highest BCUT2D eigenvalue weighted by molar-refractivity contribution is 6.03. The lowest BCUT2D eigenvalue weighted by atomic mass is 10.1. The van der Waals surface area contributed by atoms with Crippen LogP contribution in [0.4, 0.5) is 30.6 Å². The summed E-state index contributed by atoms with van der Waals surface area (Å²) in [6.45, 7) is 8.35. The van der Waals surface area contributed by atoms with Gasteiger partial charge in [-0.05, 0) is 39.3 Å². The summed E-state index contributed by atoms with van der Waals surface area (Å²) < 4.78 is 39.6. The van der Waals surface area contributed by atoms with Gasteiger partial charge in [-0.2, -0.15) is 23.3 Å². The van der Waals surface area contributed by atoms with Crippen LogP contribution in [-0.4, -0.2) is 42.7 Å². The molecule has 0 unspecified atom stereocenters. The van der Waals surface area contributed by atoms with Crippen LogP contribution in [0, 0.1) is 6.92 Å². The molecule has 0 spiro atoms. The highest BCUT2D eigenvalue weighted by Crippen LogP contribution is 2.34. The molecule has 1 amide bonds. The minimum absolute atomic E-state index is 0.0693. The van der Waals surface area contributed by atoms with E-state index < -0.39 is 11.9 Å². The fourth-order valence-electron chi connectivity index (χ4n) is 3.84. The van der Waals surface area contributed by atoms with E-state index >= 15 is 0 Å². The number of rotatable bonds is 6. The van der Waals surface area contributed by atoms with E-state index in [0.29, 0.717) is 41.8 Å². The Kier molecular flexibility index (Phi) is 6.15. The van der Waals surface area contributed by atoms with Gasteiger partial charge in [-0.15, -0.1) is 0 Å². The molecule has 9 nitrogen and oxygen atoms in total. The number of aryl methyl sites for hydroxylation is 1. The van der Waals surface area contributed by atoms with E-state index in [2.05, 4.69) is 30.7 Å². The maximum absolute atomic E-state index is 12.7. The SMILES string of the molecule is Cc1nc(NCc2cnn(Cc3ccc(C(F)(F)F)nc3)c2)nc2c1NC(=O)[C@H](C)N2C(C)C. The summed E-state index contributed by atoms with van der Waals surface area (Å²) >= 11 is 0. The monoisotopic (exact) mass is 474 g/mol.